The molecule has 0 spiro atoms. The van der Waals surface area contributed by atoms with Gasteiger partial charge in [-0.25, -0.2) is 9.59 Å². The maximum absolute atomic E-state index is 12.5. The van der Waals surface area contributed by atoms with Crippen LogP contribution in [0.2, 0.25) is 0 Å². The predicted octanol–water partition coefficient (Wildman–Crippen LogP) is 2.37. The summed E-state index contributed by atoms with van der Waals surface area (Å²) in [6.45, 7) is 6.33. The molecule has 1 heterocycles. The molecular formula is C20H28N2O5. The Labute approximate surface area is 159 Å². The molecule has 148 valence electrons. The fourth-order valence-electron chi connectivity index (χ4n) is 3.05. The zero-order chi connectivity index (χ0) is 20.0. The molecule has 1 aromatic rings. The maximum Gasteiger partial charge on any atom is 0.408 e. The third kappa shape index (κ3) is 6.58. The van der Waals surface area contributed by atoms with Crippen LogP contribution >= 0.6 is 0 Å². The number of rotatable bonds is 5. The van der Waals surface area contributed by atoms with Gasteiger partial charge in [0.05, 0.1) is 0 Å². The Kier molecular flexibility index (Phi) is 6.82. The highest BCUT2D eigenvalue weighted by atomic mass is 16.6. The fourth-order valence-corrected chi connectivity index (χ4v) is 3.05. The topological polar surface area (TPSA) is 95.9 Å². The van der Waals surface area contributed by atoms with E-state index < -0.39 is 23.7 Å². The van der Waals surface area contributed by atoms with E-state index in [4.69, 9.17) is 4.74 Å². The molecule has 1 atom stereocenters. The minimum absolute atomic E-state index is 0.0247. The van der Waals surface area contributed by atoms with Crippen molar-refractivity contribution >= 4 is 18.0 Å². The van der Waals surface area contributed by atoms with Gasteiger partial charge in [0.1, 0.15) is 11.6 Å². The van der Waals surface area contributed by atoms with E-state index in [1.54, 1.807) is 25.7 Å². The number of aliphatic carboxylic acids is 1. The van der Waals surface area contributed by atoms with E-state index in [2.05, 4.69) is 17.4 Å². The maximum atomic E-state index is 12.5. The fraction of sp³-hybridized carbons (Fsp3) is 0.550. The number of fused-ring (bicyclic) bond motifs is 1. The van der Waals surface area contributed by atoms with Crippen molar-refractivity contribution in [1.29, 1.82) is 0 Å². The highest BCUT2D eigenvalue weighted by Gasteiger charge is 2.26. The van der Waals surface area contributed by atoms with Crippen molar-refractivity contribution in [3.8, 4) is 0 Å². The van der Waals surface area contributed by atoms with Crippen molar-refractivity contribution in [3.05, 3.63) is 35.4 Å². The minimum Gasteiger partial charge on any atom is -0.480 e. The van der Waals surface area contributed by atoms with E-state index >= 15 is 0 Å². The molecule has 0 saturated heterocycles. The third-order valence-corrected chi connectivity index (χ3v) is 4.41. The summed E-state index contributed by atoms with van der Waals surface area (Å²) in [6, 6.07) is 6.99. The Balaban J connectivity index is 1.87. The number of alkyl carbamates (subject to hydrolysis) is 1. The average Bonchev–Trinajstić information content (AvgIpc) is 2.79. The highest BCUT2D eigenvalue weighted by molar-refractivity contribution is 5.82. The Morgan fingerprint density at radius 1 is 1.15 bits per heavy atom. The van der Waals surface area contributed by atoms with E-state index in [-0.39, 0.29) is 18.7 Å². The zero-order valence-corrected chi connectivity index (χ0v) is 16.2. The van der Waals surface area contributed by atoms with Crippen LogP contribution in [-0.2, 0) is 27.2 Å². The van der Waals surface area contributed by atoms with E-state index in [0.29, 0.717) is 13.1 Å². The molecular weight excluding hydrogens is 348 g/mol. The molecule has 0 unspecified atom stereocenters. The second-order valence-corrected chi connectivity index (χ2v) is 7.73. The van der Waals surface area contributed by atoms with Crippen LogP contribution in [0.1, 0.15) is 44.7 Å². The van der Waals surface area contributed by atoms with E-state index in [1.165, 1.54) is 11.1 Å². The molecule has 1 aliphatic rings. The van der Waals surface area contributed by atoms with Crippen LogP contribution in [0.15, 0.2) is 24.3 Å². The van der Waals surface area contributed by atoms with Gasteiger partial charge in [-0.15, -0.1) is 0 Å². The molecule has 7 nitrogen and oxygen atoms in total. The molecule has 1 aromatic carbocycles. The molecule has 2 rings (SSSR count). The predicted molar refractivity (Wildman–Crippen MR) is 100 cm³/mol. The second kappa shape index (κ2) is 8.88. The van der Waals surface area contributed by atoms with Gasteiger partial charge in [0.25, 0.3) is 0 Å². The quantitative estimate of drug-likeness (QED) is 0.822. The summed E-state index contributed by atoms with van der Waals surface area (Å²) in [4.78, 5) is 37.5. The number of hydrogen-bond acceptors (Lipinski definition) is 4. The largest absolute Gasteiger partial charge is 0.480 e. The zero-order valence-electron chi connectivity index (χ0n) is 16.2. The number of amides is 2. The lowest BCUT2D eigenvalue weighted by atomic mass is 10.0. The molecule has 1 aliphatic heterocycles. The van der Waals surface area contributed by atoms with Gasteiger partial charge in [0, 0.05) is 19.5 Å². The number of hydrogen-bond donors (Lipinski definition) is 2. The van der Waals surface area contributed by atoms with Crippen molar-refractivity contribution in [2.75, 3.05) is 13.1 Å². The molecule has 2 amide bonds. The first-order valence-corrected chi connectivity index (χ1v) is 9.22. The molecule has 7 heteroatoms. The monoisotopic (exact) mass is 376 g/mol. The third-order valence-electron chi connectivity index (χ3n) is 4.41. The average molecular weight is 376 g/mol. The number of carboxylic acids is 1. The van der Waals surface area contributed by atoms with Crippen LogP contribution < -0.4 is 5.32 Å². The number of carbonyl (C=O) groups excluding carboxylic acids is 2. The van der Waals surface area contributed by atoms with Crippen LogP contribution in [0, 0.1) is 0 Å². The van der Waals surface area contributed by atoms with Crippen molar-refractivity contribution in [2.45, 2.75) is 58.1 Å². The van der Waals surface area contributed by atoms with Gasteiger partial charge in [-0.3, -0.25) is 4.79 Å². The second-order valence-electron chi connectivity index (χ2n) is 7.73. The molecule has 0 radical (unpaired) electrons. The van der Waals surface area contributed by atoms with Crippen molar-refractivity contribution < 1.29 is 24.2 Å². The number of benzene rings is 1. The lowest BCUT2D eigenvalue weighted by molar-refractivity contribution is -0.140. The molecule has 0 aromatic heterocycles. The Hall–Kier alpha value is -2.57. The normalized spacial score (nSPS) is 15.3. The first kappa shape index (κ1) is 20.7. The van der Waals surface area contributed by atoms with Crippen molar-refractivity contribution in [1.82, 2.24) is 10.2 Å². The summed E-state index contributed by atoms with van der Waals surface area (Å²) in [6.07, 6.45) is 0.869. The van der Waals surface area contributed by atoms with Crippen LogP contribution in [-0.4, -0.2) is 52.7 Å². The minimum atomic E-state index is -1.18. The molecule has 27 heavy (non-hydrogen) atoms. The van der Waals surface area contributed by atoms with Gasteiger partial charge in [-0.2, -0.15) is 0 Å². The van der Waals surface area contributed by atoms with E-state index in [0.717, 1.165) is 12.8 Å². The van der Waals surface area contributed by atoms with Crippen LogP contribution in [0.4, 0.5) is 4.79 Å². The summed E-state index contributed by atoms with van der Waals surface area (Å²) in [7, 11) is 0. The van der Waals surface area contributed by atoms with Gasteiger partial charge in [-0.05, 0) is 51.2 Å². The Morgan fingerprint density at radius 2 is 1.70 bits per heavy atom. The van der Waals surface area contributed by atoms with Gasteiger partial charge in [0.2, 0.25) is 5.91 Å². The number of nitrogens with zero attached hydrogens (tertiary/aromatic N) is 1. The number of nitrogens with one attached hydrogen (secondary N) is 1. The SMILES string of the molecule is CC(C)(C)OC(=O)N[C@@H](CCC(=O)N1CCc2ccccc2CC1)C(=O)O. The lowest BCUT2D eigenvalue weighted by Crippen LogP contribution is -2.44. The summed E-state index contributed by atoms with van der Waals surface area (Å²) in [5.41, 5.74) is 1.79. The molecule has 0 bridgehead atoms. The molecule has 0 aliphatic carbocycles. The Morgan fingerprint density at radius 3 is 2.19 bits per heavy atom. The number of carboxylic acid groups (broad SMARTS) is 1. The van der Waals surface area contributed by atoms with Crippen LogP contribution in [0.3, 0.4) is 0 Å². The van der Waals surface area contributed by atoms with Crippen LogP contribution in [0.5, 0.6) is 0 Å². The summed E-state index contributed by atoms with van der Waals surface area (Å²) in [5, 5.41) is 11.6. The van der Waals surface area contributed by atoms with E-state index in [9.17, 15) is 19.5 Å². The Bertz CT molecular complexity index is 669. The lowest BCUT2D eigenvalue weighted by Gasteiger charge is -2.23. The first-order chi connectivity index (χ1) is 12.7. The number of ether oxygens (including phenoxy) is 1. The van der Waals surface area contributed by atoms with E-state index in [1.807, 2.05) is 12.1 Å². The summed E-state index contributed by atoms with van der Waals surface area (Å²) >= 11 is 0. The van der Waals surface area contributed by atoms with Gasteiger partial charge in [-0.1, -0.05) is 24.3 Å². The van der Waals surface area contributed by atoms with Gasteiger partial charge >= 0.3 is 12.1 Å². The molecule has 2 N–H and O–H groups in total. The van der Waals surface area contributed by atoms with Gasteiger partial charge < -0.3 is 20.1 Å². The molecule has 0 fully saturated rings. The summed E-state index contributed by atoms with van der Waals surface area (Å²) < 4.78 is 5.09. The summed E-state index contributed by atoms with van der Waals surface area (Å²) in [5.74, 6) is -1.28. The smallest absolute Gasteiger partial charge is 0.408 e. The number of carbonyl (C=O) groups is 3. The first-order valence-electron chi connectivity index (χ1n) is 9.22. The van der Waals surface area contributed by atoms with Crippen molar-refractivity contribution in [2.24, 2.45) is 0 Å². The van der Waals surface area contributed by atoms with Gasteiger partial charge in [0.15, 0.2) is 0 Å². The van der Waals surface area contributed by atoms with Crippen molar-refractivity contribution in [3.63, 3.8) is 0 Å². The molecule has 0 saturated carbocycles. The highest BCUT2D eigenvalue weighted by Crippen LogP contribution is 2.16. The standard InChI is InChI=1S/C20H28N2O5/c1-20(2,3)27-19(26)21-16(18(24)25)8-9-17(23)22-12-10-14-6-4-5-7-15(14)11-13-22/h4-7,16H,8-13H2,1-3H3,(H,21,26)(H,24,25)/t16-/m0/s1. The van der Waals surface area contributed by atoms with Crippen LogP contribution in [0.25, 0.3) is 0 Å².